The number of hydrogen-bond acceptors (Lipinski definition) is 2. The van der Waals surface area contributed by atoms with Gasteiger partial charge in [0.05, 0.1) is 5.71 Å². The van der Waals surface area contributed by atoms with Crippen molar-refractivity contribution in [3.63, 3.8) is 0 Å². The summed E-state index contributed by atoms with van der Waals surface area (Å²) >= 11 is 5.91. The number of nitrogens with two attached hydrogens (primary N) is 1. The van der Waals surface area contributed by atoms with E-state index in [9.17, 15) is 0 Å². The van der Waals surface area contributed by atoms with Crippen molar-refractivity contribution in [1.29, 1.82) is 0 Å². The Bertz CT molecular complexity index is 620. The Hall–Kier alpha value is -1.80. The zero-order chi connectivity index (χ0) is 15.5. The van der Waals surface area contributed by atoms with E-state index in [1.54, 1.807) is 0 Å². The molecular weight excluding hydrogens is 280 g/mol. The fraction of sp³-hybridized carbons (Fsp3) is 0.278. The van der Waals surface area contributed by atoms with Crippen LogP contribution in [0, 0.1) is 0 Å². The van der Waals surface area contributed by atoms with E-state index >= 15 is 0 Å². The van der Waals surface area contributed by atoms with Crippen LogP contribution in [0.2, 0.25) is 5.02 Å². The Balaban J connectivity index is 2.18. The highest BCUT2D eigenvalue weighted by molar-refractivity contribution is 6.30. The van der Waals surface area contributed by atoms with Gasteiger partial charge in [-0.15, -0.1) is 0 Å². The summed E-state index contributed by atoms with van der Waals surface area (Å²) in [6.07, 6.45) is 0.711. The van der Waals surface area contributed by atoms with Crippen LogP contribution < -0.4 is 5.84 Å². The van der Waals surface area contributed by atoms with Crippen molar-refractivity contribution in [3.05, 3.63) is 70.2 Å². The molecule has 2 aromatic rings. The third-order valence-electron chi connectivity index (χ3n) is 3.52. The molecule has 0 radical (unpaired) electrons. The second-order valence-corrected chi connectivity index (χ2v) is 6.64. The highest BCUT2D eigenvalue weighted by Gasteiger charge is 2.13. The number of benzene rings is 2. The summed E-state index contributed by atoms with van der Waals surface area (Å²) < 4.78 is 0. The van der Waals surface area contributed by atoms with E-state index in [0.717, 1.165) is 11.3 Å². The average molecular weight is 301 g/mol. The first-order valence-corrected chi connectivity index (χ1v) is 7.40. The number of hydrazone groups is 1. The van der Waals surface area contributed by atoms with Crippen LogP contribution in [-0.2, 0) is 11.8 Å². The molecule has 0 saturated heterocycles. The summed E-state index contributed by atoms with van der Waals surface area (Å²) in [5.74, 6) is 5.54. The molecule has 3 heteroatoms. The minimum Gasteiger partial charge on any atom is -0.323 e. The molecule has 110 valence electrons. The molecular formula is C18H21ClN2. The molecule has 2 rings (SSSR count). The minimum atomic E-state index is 0.166. The maximum absolute atomic E-state index is 5.91. The Morgan fingerprint density at radius 3 is 2.05 bits per heavy atom. The van der Waals surface area contributed by atoms with Gasteiger partial charge in [0.25, 0.3) is 0 Å². The van der Waals surface area contributed by atoms with E-state index in [0.29, 0.717) is 11.4 Å². The minimum absolute atomic E-state index is 0.166. The normalized spacial score (nSPS) is 12.5. The molecule has 0 fully saturated rings. The monoisotopic (exact) mass is 300 g/mol. The second-order valence-electron chi connectivity index (χ2n) is 6.21. The summed E-state index contributed by atoms with van der Waals surface area (Å²) in [7, 11) is 0. The van der Waals surface area contributed by atoms with Gasteiger partial charge in [0.1, 0.15) is 0 Å². The Morgan fingerprint density at radius 1 is 1.00 bits per heavy atom. The Morgan fingerprint density at radius 2 is 1.57 bits per heavy atom. The Labute approximate surface area is 131 Å². The highest BCUT2D eigenvalue weighted by atomic mass is 35.5. The topological polar surface area (TPSA) is 38.4 Å². The summed E-state index contributed by atoms with van der Waals surface area (Å²) in [6.45, 7) is 6.63. The maximum Gasteiger partial charge on any atom is 0.0716 e. The number of hydrogen-bond donors (Lipinski definition) is 1. The van der Waals surface area contributed by atoms with Gasteiger partial charge >= 0.3 is 0 Å². The molecule has 0 saturated carbocycles. The van der Waals surface area contributed by atoms with E-state index in [1.165, 1.54) is 11.1 Å². The van der Waals surface area contributed by atoms with Crippen molar-refractivity contribution in [2.24, 2.45) is 10.9 Å². The first-order valence-electron chi connectivity index (χ1n) is 7.02. The third kappa shape index (κ3) is 4.08. The van der Waals surface area contributed by atoms with Gasteiger partial charge in [-0.25, -0.2) is 0 Å². The molecule has 0 heterocycles. The largest absolute Gasteiger partial charge is 0.323 e. The molecule has 0 atom stereocenters. The fourth-order valence-electron chi connectivity index (χ4n) is 2.18. The predicted octanol–water partition coefficient (Wildman–Crippen LogP) is 4.54. The van der Waals surface area contributed by atoms with Gasteiger partial charge < -0.3 is 5.84 Å². The van der Waals surface area contributed by atoms with Crippen LogP contribution in [0.1, 0.15) is 37.5 Å². The highest BCUT2D eigenvalue weighted by Crippen LogP contribution is 2.22. The fourth-order valence-corrected chi connectivity index (χ4v) is 2.31. The van der Waals surface area contributed by atoms with Crippen molar-refractivity contribution >= 4 is 17.3 Å². The molecule has 0 amide bonds. The molecule has 0 unspecified atom stereocenters. The quantitative estimate of drug-likeness (QED) is 0.504. The molecule has 2 N–H and O–H groups in total. The molecule has 2 nitrogen and oxygen atoms in total. The predicted molar refractivity (Wildman–Crippen MR) is 91.0 cm³/mol. The average Bonchev–Trinajstić information content (AvgIpc) is 2.45. The van der Waals surface area contributed by atoms with Crippen LogP contribution in [0.4, 0.5) is 0 Å². The van der Waals surface area contributed by atoms with E-state index in [4.69, 9.17) is 17.4 Å². The molecule has 2 aromatic carbocycles. The van der Waals surface area contributed by atoms with Gasteiger partial charge in [-0.2, -0.15) is 5.10 Å². The van der Waals surface area contributed by atoms with Crippen LogP contribution in [0.3, 0.4) is 0 Å². The lowest BCUT2D eigenvalue weighted by Crippen LogP contribution is -2.12. The van der Waals surface area contributed by atoms with Crippen molar-refractivity contribution in [1.82, 2.24) is 0 Å². The van der Waals surface area contributed by atoms with Crippen LogP contribution in [0.25, 0.3) is 0 Å². The number of rotatable bonds is 3. The zero-order valence-electron chi connectivity index (χ0n) is 12.7. The van der Waals surface area contributed by atoms with Gasteiger partial charge in [0.2, 0.25) is 0 Å². The second kappa shape index (κ2) is 6.31. The lowest BCUT2D eigenvalue weighted by Gasteiger charge is -2.19. The third-order valence-corrected chi connectivity index (χ3v) is 3.78. The molecule has 21 heavy (non-hydrogen) atoms. The molecule has 0 aliphatic heterocycles. The molecule has 0 spiro atoms. The first kappa shape index (κ1) is 15.6. The van der Waals surface area contributed by atoms with Gasteiger partial charge in [-0.05, 0) is 34.2 Å². The van der Waals surface area contributed by atoms with Gasteiger partial charge in [0, 0.05) is 11.4 Å². The van der Waals surface area contributed by atoms with E-state index < -0.39 is 0 Å². The van der Waals surface area contributed by atoms with Crippen molar-refractivity contribution in [3.8, 4) is 0 Å². The van der Waals surface area contributed by atoms with Crippen molar-refractivity contribution in [2.75, 3.05) is 0 Å². The first-order chi connectivity index (χ1) is 9.90. The SMILES string of the molecule is CC(C)(C)c1ccc(CC(=NN)c2ccc(Cl)cc2)cc1. The zero-order valence-corrected chi connectivity index (χ0v) is 13.5. The summed E-state index contributed by atoms with van der Waals surface area (Å²) in [4.78, 5) is 0. The Kier molecular flexibility index (Phi) is 4.69. The summed E-state index contributed by atoms with van der Waals surface area (Å²) in [6, 6.07) is 16.2. The van der Waals surface area contributed by atoms with Crippen LogP contribution in [0.5, 0.6) is 0 Å². The van der Waals surface area contributed by atoms with Crippen LogP contribution in [0.15, 0.2) is 53.6 Å². The molecule has 0 aromatic heterocycles. The smallest absolute Gasteiger partial charge is 0.0716 e. The standard InChI is InChI=1S/C18H21ClN2/c1-18(2,3)15-8-4-13(5-9-15)12-17(21-20)14-6-10-16(19)11-7-14/h4-11H,12,20H2,1-3H3. The summed E-state index contributed by atoms with van der Waals surface area (Å²) in [5.41, 5.74) is 4.54. The van der Waals surface area contributed by atoms with E-state index in [1.807, 2.05) is 24.3 Å². The van der Waals surface area contributed by atoms with Gasteiger partial charge in [-0.1, -0.05) is 68.8 Å². The molecule has 0 aliphatic carbocycles. The van der Waals surface area contributed by atoms with Crippen LogP contribution >= 0.6 is 11.6 Å². The summed E-state index contributed by atoms with van der Waals surface area (Å²) in [5, 5.41) is 4.64. The number of halogens is 1. The van der Waals surface area contributed by atoms with Crippen molar-refractivity contribution < 1.29 is 0 Å². The van der Waals surface area contributed by atoms with E-state index in [-0.39, 0.29) is 5.41 Å². The van der Waals surface area contributed by atoms with E-state index in [2.05, 4.69) is 50.1 Å². The van der Waals surface area contributed by atoms with Crippen molar-refractivity contribution in [2.45, 2.75) is 32.6 Å². The number of nitrogens with zero attached hydrogens (tertiary/aromatic N) is 1. The molecule has 0 aliphatic rings. The lowest BCUT2D eigenvalue weighted by atomic mass is 9.86. The van der Waals surface area contributed by atoms with Gasteiger partial charge in [0.15, 0.2) is 0 Å². The van der Waals surface area contributed by atoms with Crippen LogP contribution in [-0.4, -0.2) is 5.71 Å². The lowest BCUT2D eigenvalue weighted by molar-refractivity contribution is 0.590. The molecule has 0 bridgehead atoms. The van der Waals surface area contributed by atoms with Gasteiger partial charge in [-0.3, -0.25) is 0 Å². The maximum atomic E-state index is 5.91.